The first-order chi connectivity index (χ1) is 12.0. The summed E-state index contributed by atoms with van der Waals surface area (Å²) in [7, 11) is 4.03. The van der Waals surface area contributed by atoms with Crippen LogP contribution in [0.3, 0.4) is 0 Å². The van der Waals surface area contributed by atoms with Gasteiger partial charge in [-0.05, 0) is 25.0 Å². The van der Waals surface area contributed by atoms with Gasteiger partial charge in [-0.15, -0.1) is 0 Å². The fraction of sp³-hybridized carbons (Fsp3) is 0.500. The van der Waals surface area contributed by atoms with Crippen LogP contribution in [0.1, 0.15) is 12.8 Å². The number of rotatable bonds is 6. The fourth-order valence-electron chi connectivity index (χ4n) is 3.15. The molecule has 0 saturated carbocycles. The molecule has 1 aliphatic rings. The number of nitrogens with zero attached hydrogens (tertiary/aromatic N) is 4. The molecule has 0 radical (unpaired) electrons. The van der Waals surface area contributed by atoms with Gasteiger partial charge in [-0.1, -0.05) is 12.1 Å². The zero-order chi connectivity index (χ0) is 17.9. The van der Waals surface area contributed by atoms with Crippen LogP contribution in [0.25, 0.3) is 11.1 Å². The van der Waals surface area contributed by atoms with Gasteiger partial charge in [0, 0.05) is 6.54 Å². The number of likely N-dealkylation sites (N-methyl/N-ethyl adjacent to an activating group) is 1. The van der Waals surface area contributed by atoms with Crippen molar-refractivity contribution in [3.8, 4) is 6.07 Å². The van der Waals surface area contributed by atoms with Crippen LogP contribution in [0.2, 0.25) is 0 Å². The number of anilines is 1. The summed E-state index contributed by atoms with van der Waals surface area (Å²) in [4.78, 5) is 18.6. The molecule has 1 N–H and O–H groups in total. The van der Waals surface area contributed by atoms with Crippen molar-refractivity contribution in [2.24, 2.45) is 0 Å². The van der Waals surface area contributed by atoms with Crippen LogP contribution in [0.5, 0.6) is 0 Å². The fourth-order valence-corrected chi connectivity index (χ4v) is 3.15. The minimum Gasteiger partial charge on any atom is -0.424 e. The number of quaternary nitrogens is 1. The SMILES string of the molecule is C[N+](C)(CCNc1nc2ccccc2o1)CC(=O)N1CCC[C@H]1C#N. The van der Waals surface area contributed by atoms with Gasteiger partial charge < -0.3 is 19.1 Å². The number of hydrogen-bond donors (Lipinski definition) is 1. The van der Waals surface area contributed by atoms with Crippen molar-refractivity contribution in [1.82, 2.24) is 9.88 Å². The predicted octanol–water partition coefficient (Wildman–Crippen LogP) is 1.83. The highest BCUT2D eigenvalue weighted by molar-refractivity contribution is 5.78. The number of benzene rings is 1. The summed E-state index contributed by atoms with van der Waals surface area (Å²) < 4.78 is 6.18. The molecule has 0 bridgehead atoms. The number of hydrogen-bond acceptors (Lipinski definition) is 5. The van der Waals surface area contributed by atoms with Crippen molar-refractivity contribution in [2.75, 3.05) is 45.6 Å². The van der Waals surface area contributed by atoms with E-state index < -0.39 is 0 Å². The molecule has 0 spiro atoms. The van der Waals surface area contributed by atoms with Gasteiger partial charge >= 0.3 is 0 Å². The normalized spacial score (nSPS) is 17.6. The average molecular weight is 342 g/mol. The summed E-state index contributed by atoms with van der Waals surface area (Å²) in [5.41, 5.74) is 1.58. The molecular weight excluding hydrogens is 318 g/mol. The zero-order valence-corrected chi connectivity index (χ0v) is 14.7. The van der Waals surface area contributed by atoms with E-state index in [0.29, 0.717) is 30.1 Å². The van der Waals surface area contributed by atoms with E-state index in [2.05, 4.69) is 16.4 Å². The summed E-state index contributed by atoms with van der Waals surface area (Å²) in [6.45, 7) is 2.47. The molecule has 25 heavy (non-hydrogen) atoms. The Kier molecular flexibility index (Phi) is 4.91. The first-order valence-corrected chi connectivity index (χ1v) is 8.59. The number of carbonyl (C=O) groups is 1. The maximum Gasteiger partial charge on any atom is 0.295 e. The number of oxazole rings is 1. The Bertz CT molecular complexity index is 759. The average Bonchev–Trinajstić information content (AvgIpc) is 3.20. The maximum atomic E-state index is 12.5. The lowest BCUT2D eigenvalue weighted by molar-refractivity contribution is -0.881. The Morgan fingerprint density at radius 1 is 1.48 bits per heavy atom. The molecule has 1 aliphatic heterocycles. The van der Waals surface area contributed by atoms with E-state index in [4.69, 9.17) is 9.68 Å². The number of nitriles is 1. The Balaban J connectivity index is 1.51. The quantitative estimate of drug-likeness (QED) is 0.810. The molecule has 0 unspecified atom stereocenters. The smallest absolute Gasteiger partial charge is 0.295 e. The van der Waals surface area contributed by atoms with Crippen LogP contribution in [-0.2, 0) is 4.79 Å². The highest BCUT2D eigenvalue weighted by Crippen LogP contribution is 2.19. The zero-order valence-electron chi connectivity index (χ0n) is 14.7. The van der Waals surface area contributed by atoms with Gasteiger partial charge in [-0.25, -0.2) is 0 Å². The van der Waals surface area contributed by atoms with E-state index in [1.165, 1.54) is 0 Å². The second-order valence-electron chi connectivity index (χ2n) is 7.11. The molecule has 1 amide bonds. The maximum absolute atomic E-state index is 12.5. The number of fused-ring (bicyclic) bond motifs is 1. The molecule has 1 aromatic carbocycles. The Morgan fingerprint density at radius 3 is 3.04 bits per heavy atom. The van der Waals surface area contributed by atoms with Crippen molar-refractivity contribution in [2.45, 2.75) is 18.9 Å². The summed E-state index contributed by atoms with van der Waals surface area (Å²) in [6, 6.07) is 10.1. The topological polar surface area (TPSA) is 82.2 Å². The van der Waals surface area contributed by atoms with Crippen molar-refractivity contribution in [3.05, 3.63) is 24.3 Å². The number of carbonyl (C=O) groups excluding carboxylic acids is 1. The van der Waals surface area contributed by atoms with E-state index >= 15 is 0 Å². The Labute approximate surface area is 147 Å². The lowest BCUT2D eigenvalue weighted by atomic mass is 10.2. The summed E-state index contributed by atoms with van der Waals surface area (Å²) in [5.74, 6) is 0.0518. The van der Waals surface area contributed by atoms with Crippen LogP contribution in [0, 0.1) is 11.3 Å². The van der Waals surface area contributed by atoms with Gasteiger partial charge in [-0.2, -0.15) is 10.2 Å². The highest BCUT2D eigenvalue weighted by atomic mass is 16.4. The third kappa shape index (κ3) is 4.09. The van der Waals surface area contributed by atoms with Gasteiger partial charge in [0.15, 0.2) is 12.1 Å². The minimum absolute atomic E-state index is 0.0518. The molecule has 0 aliphatic carbocycles. The minimum atomic E-state index is -0.259. The van der Waals surface area contributed by atoms with E-state index in [1.54, 1.807) is 4.90 Å². The van der Waals surface area contributed by atoms with E-state index in [-0.39, 0.29) is 11.9 Å². The number of amides is 1. The van der Waals surface area contributed by atoms with Crippen molar-refractivity contribution < 1.29 is 13.7 Å². The van der Waals surface area contributed by atoms with Crippen molar-refractivity contribution in [3.63, 3.8) is 0 Å². The molecule has 1 atom stereocenters. The Morgan fingerprint density at radius 2 is 2.28 bits per heavy atom. The van der Waals surface area contributed by atoms with E-state index in [0.717, 1.165) is 30.5 Å². The summed E-state index contributed by atoms with van der Waals surface area (Å²) in [6.07, 6.45) is 1.70. The largest absolute Gasteiger partial charge is 0.424 e. The van der Waals surface area contributed by atoms with Crippen LogP contribution in [0.4, 0.5) is 6.01 Å². The lowest BCUT2D eigenvalue weighted by Gasteiger charge is -2.31. The monoisotopic (exact) mass is 342 g/mol. The molecule has 7 heteroatoms. The van der Waals surface area contributed by atoms with E-state index in [1.807, 2.05) is 38.4 Å². The molecule has 1 saturated heterocycles. The third-order valence-corrected chi connectivity index (χ3v) is 4.57. The van der Waals surface area contributed by atoms with Gasteiger partial charge in [-0.3, -0.25) is 4.79 Å². The molecule has 1 fully saturated rings. The van der Waals surface area contributed by atoms with Crippen molar-refractivity contribution >= 4 is 23.0 Å². The number of aromatic nitrogens is 1. The molecule has 2 heterocycles. The van der Waals surface area contributed by atoms with Crippen LogP contribution in [-0.4, -0.2) is 66.6 Å². The lowest BCUT2D eigenvalue weighted by Crippen LogP contribution is -2.51. The molecule has 3 rings (SSSR count). The second kappa shape index (κ2) is 7.11. The number of likely N-dealkylation sites (tertiary alicyclic amines) is 1. The standard InChI is InChI=1S/C18H24N5O2/c1-23(2,13-17(24)22-10-5-6-14(22)12-19)11-9-20-18-21-15-7-3-4-8-16(15)25-18/h3-4,7-8,14H,5-6,9-11,13H2,1-2H3,(H,20,21)/q+1/t14-/m0/s1. The number of para-hydroxylation sites is 2. The third-order valence-electron chi connectivity index (χ3n) is 4.57. The second-order valence-corrected chi connectivity index (χ2v) is 7.11. The molecule has 7 nitrogen and oxygen atoms in total. The summed E-state index contributed by atoms with van der Waals surface area (Å²) in [5, 5.41) is 12.3. The van der Waals surface area contributed by atoms with E-state index in [9.17, 15) is 4.79 Å². The molecular formula is C18H24N5O2+. The predicted molar refractivity (Wildman–Crippen MR) is 94.7 cm³/mol. The van der Waals surface area contributed by atoms with Crippen LogP contribution in [0.15, 0.2) is 28.7 Å². The molecule has 1 aromatic heterocycles. The van der Waals surface area contributed by atoms with Gasteiger partial charge in [0.2, 0.25) is 0 Å². The van der Waals surface area contributed by atoms with Crippen LogP contribution >= 0.6 is 0 Å². The van der Waals surface area contributed by atoms with Gasteiger partial charge in [0.05, 0.1) is 33.3 Å². The first-order valence-electron chi connectivity index (χ1n) is 8.59. The molecule has 2 aromatic rings. The van der Waals surface area contributed by atoms with Crippen molar-refractivity contribution in [1.29, 1.82) is 5.26 Å². The van der Waals surface area contributed by atoms with Gasteiger partial charge in [0.1, 0.15) is 11.6 Å². The summed E-state index contributed by atoms with van der Waals surface area (Å²) >= 11 is 0. The van der Waals surface area contributed by atoms with Gasteiger partial charge in [0.25, 0.3) is 11.9 Å². The first kappa shape index (κ1) is 17.2. The number of nitrogens with one attached hydrogen (secondary N) is 1. The van der Waals surface area contributed by atoms with Crippen LogP contribution < -0.4 is 5.32 Å². The molecule has 132 valence electrons. The Hall–Kier alpha value is -2.59. The highest BCUT2D eigenvalue weighted by Gasteiger charge is 2.32.